The summed E-state index contributed by atoms with van der Waals surface area (Å²) in [4.78, 5) is 0. The fourth-order valence-corrected chi connectivity index (χ4v) is 0. The van der Waals surface area contributed by atoms with E-state index in [9.17, 15) is 0 Å². The maximum Gasteiger partial charge on any atom is 0 e. The molecule has 0 aliphatic carbocycles. The molecule has 0 aliphatic rings. The van der Waals surface area contributed by atoms with Crippen LogP contribution in [-0.4, -0.2) is 50.5 Å². The van der Waals surface area contributed by atoms with Crippen molar-refractivity contribution >= 4 is 50.5 Å². The van der Waals surface area contributed by atoms with E-state index in [0.29, 0.717) is 0 Å². The summed E-state index contributed by atoms with van der Waals surface area (Å²) in [5.74, 6) is 0. The maximum absolute atomic E-state index is 0. The molecule has 0 heterocycles. The quantitative estimate of drug-likeness (QED) is 0.394. The molecule has 0 rings (SSSR count). The fourth-order valence-electron chi connectivity index (χ4n) is 0. The van der Waals surface area contributed by atoms with E-state index in [4.69, 9.17) is 0 Å². The molecule has 0 nitrogen and oxygen atoms in total. The average molecular weight is 209 g/mol. The minimum atomic E-state index is 0. The Morgan fingerprint density at radius 1 is 0.286 bits per heavy atom. The minimum absolute atomic E-state index is 0. The van der Waals surface area contributed by atoms with Crippen molar-refractivity contribution in [2.75, 3.05) is 0 Å². The van der Waals surface area contributed by atoms with E-state index < -0.39 is 0 Å². The molecule has 7 heteroatoms. The van der Waals surface area contributed by atoms with Crippen molar-refractivity contribution in [3.8, 4) is 0 Å². The van der Waals surface area contributed by atoms with Gasteiger partial charge in [0.25, 0.3) is 0 Å². The van der Waals surface area contributed by atoms with E-state index in [2.05, 4.69) is 0 Å². The van der Waals surface area contributed by atoms with Gasteiger partial charge < -0.3 is 0 Å². The Labute approximate surface area is 90.3 Å². The first-order chi connectivity index (χ1) is 0. The van der Waals surface area contributed by atoms with Gasteiger partial charge in [-0.05, 0) is 0 Å². The van der Waals surface area contributed by atoms with Gasteiger partial charge in [0.15, 0.2) is 0 Å². The zero-order chi connectivity index (χ0) is 0. The average Bonchev–Trinajstić information content (AvgIpc) is 0. The summed E-state index contributed by atoms with van der Waals surface area (Å²) < 4.78 is 0. The fraction of sp³-hybridized carbons (Fsp3) is 0. The third kappa shape index (κ3) is 84.2. The van der Waals surface area contributed by atoms with E-state index >= 15 is 0 Å². The first-order valence-electron chi connectivity index (χ1n) is 0. The van der Waals surface area contributed by atoms with Crippen molar-refractivity contribution in [1.82, 2.24) is 0 Å². The standard InChI is InChI=1S/6B.Nd. The van der Waals surface area contributed by atoms with Crippen LogP contribution >= 0.6 is 0 Å². The van der Waals surface area contributed by atoms with Gasteiger partial charge in [-0.2, -0.15) is 0 Å². The second kappa shape index (κ2) is 116. The van der Waals surface area contributed by atoms with Crippen LogP contribution < -0.4 is 0 Å². The largest absolute Gasteiger partial charge is 0 e. The van der Waals surface area contributed by atoms with Gasteiger partial charge >= 0.3 is 0 Å². The van der Waals surface area contributed by atoms with E-state index in [1.807, 2.05) is 0 Å². The van der Waals surface area contributed by atoms with Gasteiger partial charge in [0.05, 0.1) is 0 Å². The number of rotatable bonds is 0. The Morgan fingerprint density at radius 3 is 0.286 bits per heavy atom. The zero-order valence-electron chi connectivity index (χ0n) is 3.96. The Kier molecular flexibility index (Phi) is 2870. The SMILES string of the molecule is [B].[B].[B].[B].[B].[B].[Nd]. The van der Waals surface area contributed by atoms with Crippen LogP contribution in [0.5, 0.6) is 0 Å². The van der Waals surface area contributed by atoms with E-state index in [-0.39, 0.29) is 91.3 Å². The molecule has 0 unspecified atom stereocenters. The summed E-state index contributed by atoms with van der Waals surface area (Å²) in [7, 11) is 0. The molecule has 0 fully saturated rings. The normalized spacial score (nSPS) is 0. The summed E-state index contributed by atoms with van der Waals surface area (Å²) in [6.45, 7) is 0. The zero-order valence-corrected chi connectivity index (χ0v) is 7.17. The predicted octanol–water partition coefficient (Wildman–Crippen LogP) is -2.28. The molecule has 0 bridgehead atoms. The smallest absolute Gasteiger partial charge is 0 e. The Hall–Kier alpha value is 1.74. The number of hydrogen-bond donors (Lipinski definition) is 0. The third-order valence-electron chi connectivity index (χ3n) is 0. The van der Waals surface area contributed by atoms with Crippen molar-refractivity contribution in [3.63, 3.8) is 0 Å². The van der Waals surface area contributed by atoms with Crippen LogP contribution in [0.15, 0.2) is 0 Å². The molecular weight excluding hydrogens is 209 g/mol. The molecule has 0 spiro atoms. The van der Waals surface area contributed by atoms with Gasteiger partial charge in [-0.15, -0.1) is 0 Å². The van der Waals surface area contributed by atoms with Crippen LogP contribution in [0.25, 0.3) is 0 Å². The molecule has 0 N–H and O–H groups in total. The van der Waals surface area contributed by atoms with Crippen LogP contribution in [0, 0.1) is 40.8 Å². The summed E-state index contributed by atoms with van der Waals surface area (Å²) in [5.41, 5.74) is 0. The third-order valence-corrected chi connectivity index (χ3v) is 0. The Morgan fingerprint density at radius 2 is 0.286 bits per heavy atom. The van der Waals surface area contributed by atoms with Crippen molar-refractivity contribution in [1.29, 1.82) is 0 Å². The predicted molar refractivity (Wildman–Crippen MR) is 34.5 cm³/mol. The van der Waals surface area contributed by atoms with E-state index in [1.165, 1.54) is 0 Å². The van der Waals surface area contributed by atoms with Gasteiger partial charge in [-0.1, -0.05) is 0 Å². The minimum Gasteiger partial charge on any atom is 0 e. The number of hydrogen-bond acceptors (Lipinski definition) is 0. The second-order valence-electron chi connectivity index (χ2n) is 0. The topological polar surface area (TPSA) is 0 Å². The van der Waals surface area contributed by atoms with Crippen molar-refractivity contribution in [3.05, 3.63) is 0 Å². The van der Waals surface area contributed by atoms with Crippen molar-refractivity contribution in [2.24, 2.45) is 0 Å². The molecule has 0 atom stereocenters. The van der Waals surface area contributed by atoms with Crippen molar-refractivity contribution in [2.45, 2.75) is 0 Å². The molecule has 0 saturated carbocycles. The molecule has 0 amide bonds. The summed E-state index contributed by atoms with van der Waals surface area (Å²) >= 11 is 0. The molecule has 0 aromatic carbocycles. The van der Waals surface area contributed by atoms with E-state index in [1.54, 1.807) is 0 Å². The second-order valence-corrected chi connectivity index (χ2v) is 0. The summed E-state index contributed by atoms with van der Waals surface area (Å²) in [6, 6.07) is 0. The van der Waals surface area contributed by atoms with Gasteiger partial charge in [0.2, 0.25) is 0 Å². The van der Waals surface area contributed by atoms with Gasteiger partial charge in [-0.25, -0.2) is 0 Å². The summed E-state index contributed by atoms with van der Waals surface area (Å²) in [5, 5.41) is 0. The molecule has 0 aromatic rings. The van der Waals surface area contributed by atoms with Crippen LogP contribution in [0.3, 0.4) is 0 Å². The maximum atomic E-state index is 0. The molecule has 22 valence electrons. The molecule has 0 aromatic heterocycles. The van der Waals surface area contributed by atoms with E-state index in [0.717, 1.165) is 0 Å². The molecule has 0 saturated heterocycles. The van der Waals surface area contributed by atoms with Crippen LogP contribution in [0.2, 0.25) is 0 Å². The van der Waals surface area contributed by atoms with Crippen LogP contribution in [-0.2, 0) is 0 Å². The molecular formula is B6Nd. The monoisotopic (exact) mass is 208 g/mol. The van der Waals surface area contributed by atoms with Crippen molar-refractivity contribution < 1.29 is 40.8 Å². The first kappa shape index (κ1) is 173. The Balaban J connectivity index is 0. The van der Waals surface area contributed by atoms with Crippen LogP contribution in [0.1, 0.15) is 0 Å². The van der Waals surface area contributed by atoms with Gasteiger partial charge in [-0.3, -0.25) is 0 Å². The Bertz CT molecular complexity index is 4.14. The van der Waals surface area contributed by atoms with Gasteiger partial charge in [0.1, 0.15) is 0 Å². The molecule has 7 heavy (non-hydrogen) atoms. The molecule has 0 aliphatic heterocycles. The van der Waals surface area contributed by atoms with Crippen LogP contribution in [0.4, 0.5) is 0 Å². The first-order valence-corrected chi connectivity index (χ1v) is 0. The summed E-state index contributed by atoms with van der Waals surface area (Å²) in [6.07, 6.45) is 0. The van der Waals surface area contributed by atoms with Gasteiger partial charge in [0, 0.05) is 91.3 Å². The molecule has 18 radical (unpaired) electrons.